The normalized spacial score (nSPS) is 18.8. The van der Waals surface area contributed by atoms with Crippen LogP contribution in [0.25, 0.3) is 0 Å². The zero-order valence-electron chi connectivity index (χ0n) is 18.9. The van der Waals surface area contributed by atoms with Crippen molar-refractivity contribution in [2.24, 2.45) is 5.92 Å². The summed E-state index contributed by atoms with van der Waals surface area (Å²) in [7, 11) is 0. The molecule has 0 bridgehead atoms. The molecule has 3 heterocycles. The van der Waals surface area contributed by atoms with Crippen LogP contribution in [0.5, 0.6) is 0 Å². The van der Waals surface area contributed by atoms with E-state index in [2.05, 4.69) is 25.7 Å². The first-order chi connectivity index (χ1) is 16.0. The third-order valence-electron chi connectivity index (χ3n) is 6.12. The topological polar surface area (TPSA) is 108 Å². The summed E-state index contributed by atoms with van der Waals surface area (Å²) >= 11 is 0.971. The average molecular weight is 471 g/mol. The highest BCUT2D eigenvalue weighted by Gasteiger charge is 2.31. The molecule has 2 N–H and O–H groups in total. The van der Waals surface area contributed by atoms with E-state index in [1.807, 2.05) is 31.2 Å². The maximum Gasteiger partial charge on any atom is 0.286 e. The lowest BCUT2D eigenvalue weighted by Gasteiger charge is -2.31. The molecule has 2 aromatic rings. The Kier molecular flexibility index (Phi) is 7.66. The summed E-state index contributed by atoms with van der Waals surface area (Å²) in [6.45, 7) is 6.62. The van der Waals surface area contributed by atoms with Crippen LogP contribution < -0.4 is 10.6 Å². The number of carbonyl (C=O) groups excluding carboxylic acids is 3. The minimum atomic E-state index is -0.399. The Balaban J connectivity index is 1.29. The molecule has 176 valence electrons. The quantitative estimate of drug-likeness (QED) is 0.642. The Morgan fingerprint density at radius 2 is 1.76 bits per heavy atom. The highest BCUT2D eigenvalue weighted by atomic mass is 32.1. The second-order valence-corrected chi connectivity index (χ2v) is 9.64. The third-order valence-corrected chi connectivity index (χ3v) is 7.03. The lowest BCUT2D eigenvalue weighted by Crippen LogP contribution is -2.46. The highest BCUT2D eigenvalue weighted by molar-refractivity contribution is 7.15. The molecule has 9 nitrogen and oxygen atoms in total. The number of amides is 3. The van der Waals surface area contributed by atoms with Gasteiger partial charge in [0, 0.05) is 31.9 Å². The molecule has 2 aliphatic heterocycles. The number of hydrogen-bond acceptors (Lipinski definition) is 7. The number of piperidine rings is 1. The molecule has 0 radical (unpaired) electrons. The van der Waals surface area contributed by atoms with E-state index < -0.39 is 5.91 Å². The molecule has 0 aliphatic carbocycles. The molecule has 1 aromatic heterocycles. The van der Waals surface area contributed by atoms with Gasteiger partial charge in [0.2, 0.25) is 15.9 Å². The Bertz CT molecular complexity index is 986. The van der Waals surface area contributed by atoms with Gasteiger partial charge in [-0.1, -0.05) is 29.0 Å². The van der Waals surface area contributed by atoms with E-state index in [9.17, 15) is 14.4 Å². The Morgan fingerprint density at radius 3 is 2.52 bits per heavy atom. The zero-order chi connectivity index (χ0) is 23.2. The highest BCUT2D eigenvalue weighted by Crippen LogP contribution is 2.21. The molecule has 4 rings (SSSR count). The number of hydrogen-bond donors (Lipinski definition) is 2. The first-order valence-corrected chi connectivity index (χ1v) is 12.3. The maximum absolute atomic E-state index is 13.0. The van der Waals surface area contributed by atoms with Gasteiger partial charge < -0.3 is 20.4 Å². The number of nitrogens with one attached hydrogen (secondary N) is 2. The molecular weight excluding hydrogens is 440 g/mol. The molecular formula is C23H30N6O3S. The fraction of sp³-hybridized carbons (Fsp3) is 0.522. The van der Waals surface area contributed by atoms with Crippen molar-refractivity contribution in [3.63, 3.8) is 0 Å². The molecule has 2 aliphatic rings. The van der Waals surface area contributed by atoms with Gasteiger partial charge in [0.1, 0.15) is 0 Å². The number of aromatic nitrogens is 2. The van der Waals surface area contributed by atoms with E-state index in [-0.39, 0.29) is 27.7 Å². The number of rotatable bonds is 7. The van der Waals surface area contributed by atoms with Crippen molar-refractivity contribution in [1.82, 2.24) is 25.3 Å². The second kappa shape index (κ2) is 10.8. The Hall–Kier alpha value is -2.85. The van der Waals surface area contributed by atoms with E-state index in [4.69, 9.17) is 0 Å². The van der Waals surface area contributed by atoms with Crippen molar-refractivity contribution in [2.45, 2.75) is 32.6 Å². The van der Waals surface area contributed by atoms with E-state index in [0.717, 1.165) is 49.4 Å². The predicted octanol–water partition coefficient (Wildman–Crippen LogP) is 2.16. The smallest absolute Gasteiger partial charge is 0.286 e. The number of benzene rings is 1. The molecule has 1 unspecified atom stereocenters. The van der Waals surface area contributed by atoms with Crippen LogP contribution in [0, 0.1) is 12.8 Å². The molecule has 1 aromatic carbocycles. The second-order valence-electron chi connectivity index (χ2n) is 8.66. The molecule has 2 saturated heterocycles. The first kappa shape index (κ1) is 23.3. The van der Waals surface area contributed by atoms with Crippen molar-refractivity contribution in [3.05, 3.63) is 39.8 Å². The van der Waals surface area contributed by atoms with Crippen LogP contribution in [-0.4, -0.2) is 77.0 Å². The van der Waals surface area contributed by atoms with Crippen molar-refractivity contribution in [2.75, 3.05) is 44.6 Å². The van der Waals surface area contributed by atoms with Crippen molar-refractivity contribution in [1.29, 1.82) is 0 Å². The molecule has 0 saturated carbocycles. The SMILES string of the molecule is Cc1ccc(NC(=O)c2nnc(C(=O)N3CCCC(C(=O)NCCN4CCCC4)C3)s2)cc1. The summed E-state index contributed by atoms with van der Waals surface area (Å²) in [6, 6.07) is 7.43. The van der Waals surface area contributed by atoms with Gasteiger partial charge in [0.25, 0.3) is 11.8 Å². The average Bonchev–Trinajstić information content (AvgIpc) is 3.53. The number of carbonyl (C=O) groups is 3. The van der Waals surface area contributed by atoms with Crippen LogP contribution in [-0.2, 0) is 4.79 Å². The van der Waals surface area contributed by atoms with E-state index in [1.54, 1.807) is 4.90 Å². The Labute approximate surface area is 197 Å². The molecule has 2 fully saturated rings. The number of likely N-dealkylation sites (tertiary alicyclic amines) is 2. The van der Waals surface area contributed by atoms with Gasteiger partial charge in [0.15, 0.2) is 0 Å². The third kappa shape index (κ3) is 6.14. The largest absolute Gasteiger partial charge is 0.355 e. The summed E-state index contributed by atoms with van der Waals surface area (Å²) in [5.41, 5.74) is 1.75. The van der Waals surface area contributed by atoms with Gasteiger partial charge in [-0.25, -0.2) is 0 Å². The van der Waals surface area contributed by atoms with Gasteiger partial charge in [-0.2, -0.15) is 0 Å². The molecule has 0 spiro atoms. The van der Waals surface area contributed by atoms with E-state index in [0.29, 0.717) is 25.3 Å². The minimum Gasteiger partial charge on any atom is -0.355 e. The van der Waals surface area contributed by atoms with Crippen LogP contribution in [0.3, 0.4) is 0 Å². The fourth-order valence-electron chi connectivity index (χ4n) is 4.22. The summed E-state index contributed by atoms with van der Waals surface area (Å²) in [5.74, 6) is -0.901. The number of nitrogens with zero attached hydrogens (tertiary/aromatic N) is 4. The zero-order valence-corrected chi connectivity index (χ0v) is 19.7. The lowest BCUT2D eigenvalue weighted by atomic mass is 9.97. The summed E-state index contributed by atoms with van der Waals surface area (Å²) in [5, 5.41) is 13.9. The minimum absolute atomic E-state index is 0.00197. The van der Waals surface area contributed by atoms with Gasteiger partial charge in [-0.05, 0) is 57.8 Å². The van der Waals surface area contributed by atoms with Crippen molar-refractivity contribution < 1.29 is 14.4 Å². The first-order valence-electron chi connectivity index (χ1n) is 11.5. The van der Waals surface area contributed by atoms with Crippen molar-refractivity contribution in [3.8, 4) is 0 Å². The maximum atomic E-state index is 13.0. The van der Waals surface area contributed by atoms with Crippen LogP contribution in [0.15, 0.2) is 24.3 Å². The van der Waals surface area contributed by atoms with Crippen LogP contribution >= 0.6 is 11.3 Å². The van der Waals surface area contributed by atoms with Gasteiger partial charge in [0.05, 0.1) is 5.92 Å². The van der Waals surface area contributed by atoms with Gasteiger partial charge in [-0.3, -0.25) is 14.4 Å². The molecule has 10 heteroatoms. The standard InChI is InChI=1S/C23H30N6O3S/c1-16-6-8-18(9-7-16)25-20(31)21-26-27-22(33-21)23(32)29-13-4-5-17(15-29)19(30)24-10-14-28-11-2-3-12-28/h6-9,17H,2-5,10-15H2,1H3,(H,24,30)(H,25,31). The van der Waals surface area contributed by atoms with Crippen molar-refractivity contribution >= 4 is 34.7 Å². The number of aryl methyl sites for hydroxylation is 1. The number of anilines is 1. The van der Waals surface area contributed by atoms with E-state index in [1.165, 1.54) is 12.8 Å². The summed E-state index contributed by atoms with van der Waals surface area (Å²) in [4.78, 5) is 42.0. The molecule has 3 amide bonds. The lowest BCUT2D eigenvalue weighted by molar-refractivity contribution is -0.126. The van der Waals surface area contributed by atoms with Crippen LogP contribution in [0.2, 0.25) is 0 Å². The van der Waals surface area contributed by atoms with Gasteiger partial charge in [-0.15, -0.1) is 10.2 Å². The monoisotopic (exact) mass is 470 g/mol. The fourth-order valence-corrected chi connectivity index (χ4v) is 4.93. The van der Waals surface area contributed by atoms with Crippen LogP contribution in [0.1, 0.15) is 50.9 Å². The molecule has 1 atom stereocenters. The summed E-state index contributed by atoms with van der Waals surface area (Å²) in [6.07, 6.45) is 3.98. The molecule has 33 heavy (non-hydrogen) atoms. The predicted molar refractivity (Wildman–Crippen MR) is 126 cm³/mol. The van der Waals surface area contributed by atoms with Crippen LogP contribution in [0.4, 0.5) is 5.69 Å². The van der Waals surface area contributed by atoms with Gasteiger partial charge >= 0.3 is 0 Å². The summed E-state index contributed by atoms with van der Waals surface area (Å²) < 4.78 is 0. The Morgan fingerprint density at radius 1 is 1.03 bits per heavy atom. The van der Waals surface area contributed by atoms with E-state index >= 15 is 0 Å².